The molecule has 10 aromatic rings. The molecule has 4 heterocycles. The molecule has 47 heavy (non-hydrogen) atoms. The Kier molecular flexibility index (Phi) is 5.51. The lowest BCUT2D eigenvalue weighted by Gasteiger charge is -2.15. The molecule has 10 rings (SSSR count). The van der Waals surface area contributed by atoms with Gasteiger partial charge in [0.1, 0.15) is 11.2 Å². The molecule has 0 bridgehead atoms. The van der Waals surface area contributed by atoms with Crippen LogP contribution >= 0.6 is 0 Å². The normalized spacial score (nSPS) is 11.8. The summed E-state index contributed by atoms with van der Waals surface area (Å²) in [4.78, 5) is 21.0. The molecule has 0 unspecified atom stereocenters. The monoisotopic (exact) mass is 599 g/mol. The second kappa shape index (κ2) is 10.0. The Morgan fingerprint density at radius 1 is 0.447 bits per heavy atom. The van der Waals surface area contributed by atoms with Crippen molar-refractivity contribution in [1.29, 1.82) is 0 Å². The van der Waals surface area contributed by atoms with E-state index in [2.05, 4.69) is 126 Å². The molecule has 0 aliphatic heterocycles. The molecule has 0 aliphatic rings. The largest absolute Gasteiger partial charge is 0.277 e. The van der Waals surface area contributed by atoms with Crippen LogP contribution in [-0.2, 0) is 0 Å². The van der Waals surface area contributed by atoms with E-state index >= 15 is 0 Å². The van der Waals surface area contributed by atoms with Crippen LogP contribution in [0.4, 0.5) is 0 Å². The van der Waals surface area contributed by atoms with E-state index in [1.807, 2.05) is 30.5 Å². The van der Waals surface area contributed by atoms with Gasteiger partial charge in [-0.3, -0.25) is 4.57 Å². The molecule has 5 heteroatoms. The summed E-state index contributed by atoms with van der Waals surface area (Å²) in [6, 6.07) is 50.6. The molecule has 0 saturated heterocycles. The van der Waals surface area contributed by atoms with E-state index in [4.69, 9.17) is 19.9 Å². The van der Waals surface area contributed by atoms with Gasteiger partial charge in [-0.2, -0.15) is 0 Å². The van der Waals surface area contributed by atoms with Crippen LogP contribution in [-0.4, -0.2) is 24.5 Å². The van der Waals surface area contributed by atoms with Crippen LogP contribution < -0.4 is 0 Å². The zero-order chi connectivity index (χ0) is 30.9. The van der Waals surface area contributed by atoms with Crippen molar-refractivity contribution in [2.24, 2.45) is 0 Å². The molecule has 0 aliphatic carbocycles. The molecule has 218 valence electrons. The Bertz CT molecular complexity index is 2800. The van der Waals surface area contributed by atoms with E-state index in [-0.39, 0.29) is 0 Å². The number of para-hydroxylation sites is 1. The number of pyridine rings is 2. The minimum Gasteiger partial charge on any atom is -0.277 e. The predicted molar refractivity (Wildman–Crippen MR) is 193 cm³/mol. The Morgan fingerprint density at radius 2 is 1.17 bits per heavy atom. The molecule has 0 atom stereocenters. The molecule has 5 nitrogen and oxygen atoms in total. The van der Waals surface area contributed by atoms with Crippen LogP contribution in [0, 0.1) is 0 Å². The maximum absolute atomic E-state index is 5.44. The van der Waals surface area contributed by atoms with Crippen molar-refractivity contribution in [3.63, 3.8) is 0 Å². The van der Waals surface area contributed by atoms with E-state index in [0.717, 1.165) is 77.2 Å². The number of nitrogens with zero attached hydrogens (tertiary/aromatic N) is 5. The van der Waals surface area contributed by atoms with E-state index in [1.54, 1.807) is 0 Å². The molecule has 0 amide bonds. The van der Waals surface area contributed by atoms with Gasteiger partial charge in [0.05, 0.1) is 16.7 Å². The van der Waals surface area contributed by atoms with Gasteiger partial charge in [-0.1, -0.05) is 109 Å². The fourth-order valence-corrected chi connectivity index (χ4v) is 7.07. The fraction of sp³-hybridized carbons (Fsp3) is 0. The Labute approximate surface area is 269 Å². The summed E-state index contributed by atoms with van der Waals surface area (Å²) in [6.07, 6.45) is 1.85. The lowest BCUT2D eigenvalue weighted by Crippen LogP contribution is -2.04. The van der Waals surface area contributed by atoms with E-state index < -0.39 is 0 Å². The smallest absolute Gasteiger partial charge is 0.162 e. The molecule has 0 radical (unpaired) electrons. The quantitative estimate of drug-likeness (QED) is 0.190. The van der Waals surface area contributed by atoms with Crippen molar-refractivity contribution in [1.82, 2.24) is 24.5 Å². The van der Waals surface area contributed by atoms with Crippen molar-refractivity contribution < 1.29 is 0 Å². The Balaban J connectivity index is 1.38. The molecule has 0 saturated carbocycles. The summed E-state index contributed by atoms with van der Waals surface area (Å²) in [5, 5.41) is 8.78. The van der Waals surface area contributed by atoms with Crippen molar-refractivity contribution in [2.45, 2.75) is 0 Å². The Hall–Kier alpha value is -6.46. The summed E-state index contributed by atoms with van der Waals surface area (Å²) in [5.74, 6) is 1.43. The average Bonchev–Trinajstić information content (AvgIpc) is 3.48. The number of fused-ring (bicyclic) bond motifs is 9. The Morgan fingerprint density at radius 3 is 2.06 bits per heavy atom. The number of hydrogen-bond acceptors (Lipinski definition) is 4. The van der Waals surface area contributed by atoms with Gasteiger partial charge in [0.15, 0.2) is 11.6 Å². The summed E-state index contributed by atoms with van der Waals surface area (Å²) in [5.41, 5.74) is 6.49. The van der Waals surface area contributed by atoms with Gasteiger partial charge >= 0.3 is 0 Å². The fourth-order valence-electron chi connectivity index (χ4n) is 7.07. The van der Waals surface area contributed by atoms with Gasteiger partial charge in [-0.25, -0.2) is 19.9 Å². The maximum atomic E-state index is 5.44. The lowest BCUT2D eigenvalue weighted by molar-refractivity contribution is 1.06. The maximum Gasteiger partial charge on any atom is 0.162 e. The number of aromatic nitrogens is 5. The second-order valence-corrected chi connectivity index (χ2v) is 11.9. The third kappa shape index (κ3) is 3.90. The van der Waals surface area contributed by atoms with Crippen LogP contribution in [0.2, 0.25) is 0 Å². The van der Waals surface area contributed by atoms with E-state index in [1.165, 1.54) is 10.8 Å². The lowest BCUT2D eigenvalue weighted by atomic mass is 9.96. The minimum absolute atomic E-state index is 0.649. The molecule has 4 aromatic heterocycles. The van der Waals surface area contributed by atoms with Crippen molar-refractivity contribution in [3.05, 3.63) is 152 Å². The van der Waals surface area contributed by atoms with Gasteiger partial charge in [-0.15, -0.1) is 0 Å². The van der Waals surface area contributed by atoms with Gasteiger partial charge in [-0.05, 0) is 57.9 Å². The highest BCUT2D eigenvalue weighted by Gasteiger charge is 2.21. The summed E-state index contributed by atoms with van der Waals surface area (Å²) in [6.45, 7) is 0. The van der Waals surface area contributed by atoms with Crippen molar-refractivity contribution in [3.8, 4) is 28.5 Å². The van der Waals surface area contributed by atoms with Crippen LogP contribution in [0.1, 0.15) is 0 Å². The summed E-state index contributed by atoms with van der Waals surface area (Å²) >= 11 is 0. The van der Waals surface area contributed by atoms with Crippen LogP contribution in [0.3, 0.4) is 0 Å². The van der Waals surface area contributed by atoms with Gasteiger partial charge in [0.2, 0.25) is 0 Å². The summed E-state index contributed by atoms with van der Waals surface area (Å²) < 4.78 is 2.19. The standard InChI is InChI=1S/C42H25N5/c1-2-11-26(12-3-1)36-23-21-27-20-22-34-39(38(27)44-36)45-40(35-25-28-13-4-5-14-29(28)30-15-6-7-16-31(30)35)46-42(34)47-37-19-9-8-17-32(37)33-18-10-24-43-41(33)47/h1-25H. The van der Waals surface area contributed by atoms with Gasteiger partial charge in [0.25, 0.3) is 0 Å². The third-order valence-electron chi connectivity index (χ3n) is 9.23. The van der Waals surface area contributed by atoms with Crippen LogP contribution in [0.15, 0.2) is 152 Å². The second-order valence-electron chi connectivity index (χ2n) is 11.9. The highest BCUT2D eigenvalue weighted by molar-refractivity contribution is 6.15. The van der Waals surface area contributed by atoms with E-state index in [9.17, 15) is 0 Å². The van der Waals surface area contributed by atoms with E-state index in [0.29, 0.717) is 5.82 Å². The van der Waals surface area contributed by atoms with Crippen molar-refractivity contribution in [2.75, 3.05) is 0 Å². The molecule has 0 fully saturated rings. The SMILES string of the molecule is c1ccc(-c2ccc3ccc4c(-n5c6ccccc6c6cccnc65)nc(-c5cc6ccccc6c6ccccc56)nc4c3n2)cc1. The van der Waals surface area contributed by atoms with Crippen LogP contribution in [0.5, 0.6) is 0 Å². The van der Waals surface area contributed by atoms with Crippen molar-refractivity contribution >= 4 is 65.3 Å². The first-order chi connectivity index (χ1) is 23.3. The summed E-state index contributed by atoms with van der Waals surface area (Å²) in [7, 11) is 0. The highest BCUT2D eigenvalue weighted by Crippen LogP contribution is 2.38. The number of rotatable bonds is 3. The van der Waals surface area contributed by atoms with Crippen LogP contribution in [0.25, 0.3) is 93.8 Å². The highest BCUT2D eigenvalue weighted by atomic mass is 15.1. The first kappa shape index (κ1) is 25.8. The molecular formula is C42H25N5. The number of hydrogen-bond donors (Lipinski definition) is 0. The zero-order valence-electron chi connectivity index (χ0n) is 25.2. The molecular weight excluding hydrogens is 574 g/mol. The average molecular weight is 600 g/mol. The third-order valence-corrected chi connectivity index (χ3v) is 9.23. The predicted octanol–water partition coefficient (Wildman–Crippen LogP) is 10.3. The molecule has 6 aromatic carbocycles. The van der Waals surface area contributed by atoms with Gasteiger partial charge in [0, 0.05) is 38.9 Å². The first-order valence-electron chi connectivity index (χ1n) is 15.7. The number of benzene rings is 6. The van der Waals surface area contributed by atoms with Gasteiger partial charge < -0.3 is 0 Å². The topological polar surface area (TPSA) is 56.5 Å². The molecule has 0 N–H and O–H groups in total. The molecule has 0 spiro atoms. The first-order valence-corrected chi connectivity index (χ1v) is 15.7. The minimum atomic E-state index is 0.649. The zero-order valence-corrected chi connectivity index (χ0v) is 25.2.